The quantitative estimate of drug-likeness (QED) is 0.680. The van der Waals surface area contributed by atoms with Crippen molar-refractivity contribution in [2.24, 2.45) is 0 Å². The lowest BCUT2D eigenvalue weighted by molar-refractivity contribution is 0.0525. The second-order valence-corrected chi connectivity index (χ2v) is 4.70. The van der Waals surface area contributed by atoms with E-state index in [9.17, 15) is 4.79 Å². The summed E-state index contributed by atoms with van der Waals surface area (Å²) >= 11 is 1.57. The first-order valence-corrected chi connectivity index (χ1v) is 5.16. The van der Waals surface area contributed by atoms with Gasteiger partial charge in [-0.3, -0.25) is 0 Å². The predicted octanol–water partition coefficient (Wildman–Crippen LogP) is 2.22. The molecule has 3 nitrogen and oxygen atoms in total. The zero-order valence-electron chi connectivity index (χ0n) is 8.30. The molecule has 4 heteroatoms. The summed E-state index contributed by atoms with van der Waals surface area (Å²) in [6, 6.07) is 0. The van der Waals surface area contributed by atoms with E-state index in [1.54, 1.807) is 11.8 Å². The third-order valence-corrected chi connectivity index (χ3v) is 1.90. The molecule has 0 aliphatic heterocycles. The van der Waals surface area contributed by atoms with Gasteiger partial charge in [0.05, 0.1) is 5.37 Å². The van der Waals surface area contributed by atoms with Crippen LogP contribution in [0.5, 0.6) is 0 Å². The molecule has 0 radical (unpaired) electrons. The minimum atomic E-state index is -0.414. The summed E-state index contributed by atoms with van der Waals surface area (Å²) in [7, 11) is 0. The first-order valence-electron chi connectivity index (χ1n) is 3.87. The van der Waals surface area contributed by atoms with Crippen LogP contribution in [-0.2, 0) is 4.74 Å². The van der Waals surface area contributed by atoms with Crippen molar-refractivity contribution in [3.8, 4) is 0 Å². The Kier molecular flexibility index (Phi) is 4.45. The summed E-state index contributed by atoms with van der Waals surface area (Å²) in [6.45, 7) is 7.44. The van der Waals surface area contributed by atoms with Crippen molar-refractivity contribution < 1.29 is 9.53 Å². The van der Waals surface area contributed by atoms with Crippen molar-refractivity contribution in [2.75, 3.05) is 6.26 Å². The van der Waals surface area contributed by atoms with E-state index in [4.69, 9.17) is 4.74 Å². The molecule has 0 spiro atoms. The summed E-state index contributed by atoms with van der Waals surface area (Å²) in [4.78, 5) is 11.1. The average molecular weight is 191 g/mol. The van der Waals surface area contributed by atoms with Gasteiger partial charge in [0, 0.05) is 0 Å². The monoisotopic (exact) mass is 191 g/mol. The normalized spacial score (nSPS) is 13.8. The Morgan fingerprint density at radius 1 is 1.50 bits per heavy atom. The smallest absolute Gasteiger partial charge is 0.408 e. The van der Waals surface area contributed by atoms with E-state index in [1.807, 2.05) is 34.0 Å². The molecule has 0 aliphatic rings. The number of carbonyl (C=O) groups is 1. The average Bonchev–Trinajstić information content (AvgIpc) is 1.82. The Morgan fingerprint density at radius 3 is 2.33 bits per heavy atom. The summed E-state index contributed by atoms with van der Waals surface area (Å²) in [5, 5.41) is 2.78. The van der Waals surface area contributed by atoms with E-state index in [0.29, 0.717) is 0 Å². The fraction of sp³-hybridized carbons (Fsp3) is 0.875. The zero-order valence-corrected chi connectivity index (χ0v) is 9.12. The van der Waals surface area contributed by atoms with Crippen LogP contribution in [0.4, 0.5) is 4.79 Å². The summed E-state index contributed by atoms with van der Waals surface area (Å²) in [6.07, 6.45) is 1.58. The Labute approximate surface area is 78.2 Å². The lowest BCUT2D eigenvalue weighted by atomic mass is 10.2. The molecular weight excluding hydrogens is 174 g/mol. The van der Waals surface area contributed by atoms with Crippen molar-refractivity contribution in [1.29, 1.82) is 0 Å². The Morgan fingerprint density at radius 2 is 2.00 bits per heavy atom. The van der Waals surface area contributed by atoms with Crippen LogP contribution in [0.1, 0.15) is 27.7 Å². The van der Waals surface area contributed by atoms with Gasteiger partial charge in [0.25, 0.3) is 0 Å². The van der Waals surface area contributed by atoms with Gasteiger partial charge in [-0.25, -0.2) is 4.79 Å². The predicted molar refractivity (Wildman–Crippen MR) is 52.3 cm³/mol. The van der Waals surface area contributed by atoms with E-state index in [2.05, 4.69) is 5.32 Å². The first kappa shape index (κ1) is 11.6. The topological polar surface area (TPSA) is 38.3 Å². The van der Waals surface area contributed by atoms with Crippen molar-refractivity contribution in [1.82, 2.24) is 5.32 Å². The van der Waals surface area contributed by atoms with E-state index in [0.717, 1.165) is 0 Å². The fourth-order valence-electron chi connectivity index (χ4n) is 0.532. The Balaban J connectivity index is 3.75. The van der Waals surface area contributed by atoms with Crippen LogP contribution in [-0.4, -0.2) is 23.3 Å². The number of alkyl carbamates (subject to hydrolysis) is 1. The van der Waals surface area contributed by atoms with Gasteiger partial charge in [-0.2, -0.15) is 0 Å². The highest BCUT2D eigenvalue weighted by molar-refractivity contribution is 7.99. The fourth-order valence-corrected chi connectivity index (χ4v) is 0.747. The highest BCUT2D eigenvalue weighted by atomic mass is 32.2. The Hall–Kier alpha value is -0.380. The molecule has 0 saturated heterocycles. The van der Waals surface area contributed by atoms with Gasteiger partial charge in [0.1, 0.15) is 5.60 Å². The number of thioether (sulfide) groups is 1. The van der Waals surface area contributed by atoms with Crippen LogP contribution < -0.4 is 5.32 Å². The number of hydrogen-bond donors (Lipinski definition) is 1. The largest absolute Gasteiger partial charge is 0.444 e. The van der Waals surface area contributed by atoms with Crippen molar-refractivity contribution >= 4 is 17.9 Å². The molecule has 12 heavy (non-hydrogen) atoms. The first-order chi connectivity index (χ1) is 5.35. The molecule has 1 atom stereocenters. The van der Waals surface area contributed by atoms with Gasteiger partial charge in [-0.15, -0.1) is 11.8 Å². The van der Waals surface area contributed by atoms with Gasteiger partial charge < -0.3 is 10.1 Å². The number of nitrogens with one attached hydrogen (secondary N) is 1. The standard InChI is InChI=1S/C8H17NO2S/c1-6(12-5)9-7(10)11-8(2,3)4/h6H,1-5H3,(H,9,10)/t6-/m1/s1. The minimum Gasteiger partial charge on any atom is -0.444 e. The summed E-state index contributed by atoms with van der Waals surface area (Å²) in [5.41, 5.74) is -0.414. The van der Waals surface area contributed by atoms with Gasteiger partial charge in [-0.05, 0) is 34.0 Å². The number of rotatable bonds is 2. The molecule has 72 valence electrons. The molecule has 0 aromatic carbocycles. The van der Waals surface area contributed by atoms with E-state index in [1.165, 1.54) is 0 Å². The molecule has 0 aromatic rings. The summed E-state index contributed by atoms with van der Waals surface area (Å²) in [5.74, 6) is 0. The molecular formula is C8H17NO2S. The van der Waals surface area contributed by atoms with E-state index in [-0.39, 0.29) is 11.5 Å². The highest BCUT2D eigenvalue weighted by Gasteiger charge is 2.16. The van der Waals surface area contributed by atoms with E-state index >= 15 is 0 Å². The number of hydrogen-bond acceptors (Lipinski definition) is 3. The van der Waals surface area contributed by atoms with Gasteiger partial charge in [-0.1, -0.05) is 0 Å². The summed E-state index contributed by atoms with van der Waals surface area (Å²) < 4.78 is 5.05. The number of ether oxygens (including phenoxy) is 1. The number of carbonyl (C=O) groups excluding carboxylic acids is 1. The maximum Gasteiger partial charge on any atom is 0.408 e. The van der Waals surface area contributed by atoms with Crippen LogP contribution >= 0.6 is 11.8 Å². The van der Waals surface area contributed by atoms with Crippen LogP contribution in [0.15, 0.2) is 0 Å². The third-order valence-electron chi connectivity index (χ3n) is 1.07. The Bertz CT molecular complexity index is 154. The lowest BCUT2D eigenvalue weighted by Gasteiger charge is -2.21. The number of amides is 1. The van der Waals surface area contributed by atoms with E-state index < -0.39 is 5.60 Å². The van der Waals surface area contributed by atoms with Crippen LogP contribution in [0.3, 0.4) is 0 Å². The molecule has 0 fully saturated rings. The molecule has 0 bridgehead atoms. The molecule has 0 aromatic heterocycles. The molecule has 1 N–H and O–H groups in total. The third kappa shape index (κ3) is 6.34. The zero-order chi connectivity index (χ0) is 9.78. The van der Waals surface area contributed by atoms with Crippen molar-refractivity contribution in [3.63, 3.8) is 0 Å². The molecule has 1 amide bonds. The van der Waals surface area contributed by atoms with Crippen molar-refractivity contribution in [3.05, 3.63) is 0 Å². The van der Waals surface area contributed by atoms with Gasteiger partial charge in [0.15, 0.2) is 0 Å². The van der Waals surface area contributed by atoms with Gasteiger partial charge >= 0.3 is 6.09 Å². The van der Waals surface area contributed by atoms with Gasteiger partial charge in [0.2, 0.25) is 0 Å². The lowest BCUT2D eigenvalue weighted by Crippen LogP contribution is -2.36. The molecule has 0 heterocycles. The van der Waals surface area contributed by atoms with Crippen LogP contribution in [0.2, 0.25) is 0 Å². The maximum atomic E-state index is 11.1. The van der Waals surface area contributed by atoms with Crippen molar-refractivity contribution in [2.45, 2.75) is 38.7 Å². The minimum absolute atomic E-state index is 0.0971. The van der Waals surface area contributed by atoms with Crippen LogP contribution in [0.25, 0.3) is 0 Å². The second-order valence-electron chi connectivity index (χ2n) is 3.52. The van der Waals surface area contributed by atoms with Crippen LogP contribution in [0, 0.1) is 0 Å². The SMILES string of the molecule is CS[C@H](C)NC(=O)OC(C)(C)C. The highest BCUT2D eigenvalue weighted by Crippen LogP contribution is 2.08. The molecule has 0 saturated carbocycles. The molecule has 0 unspecified atom stereocenters. The second kappa shape index (κ2) is 4.60. The maximum absolute atomic E-state index is 11.1. The molecule has 0 rings (SSSR count). The molecule has 0 aliphatic carbocycles.